The minimum Gasteiger partial charge on any atom is -0.395 e. The van der Waals surface area contributed by atoms with Gasteiger partial charge in [0.2, 0.25) is 5.91 Å². The number of nitrogens with one attached hydrogen (secondary N) is 1. The van der Waals surface area contributed by atoms with E-state index in [2.05, 4.69) is 9.69 Å². The van der Waals surface area contributed by atoms with Gasteiger partial charge in [-0.2, -0.15) is 4.37 Å². The van der Waals surface area contributed by atoms with Crippen molar-refractivity contribution in [2.45, 2.75) is 53.1 Å². The van der Waals surface area contributed by atoms with Crippen LogP contribution in [0.2, 0.25) is 0 Å². The molecule has 1 heterocycles. The minimum absolute atomic E-state index is 0.0624. The van der Waals surface area contributed by atoms with Crippen molar-refractivity contribution in [3.05, 3.63) is 39.9 Å². The van der Waals surface area contributed by atoms with Crippen LogP contribution in [-0.4, -0.2) is 33.7 Å². The predicted molar refractivity (Wildman–Crippen MR) is 115 cm³/mol. The molecule has 8 nitrogen and oxygen atoms in total. The molecule has 5 N–H and O–H groups in total. The third-order valence-electron chi connectivity index (χ3n) is 4.41. The Hall–Kier alpha value is -2.94. The van der Waals surface area contributed by atoms with E-state index >= 15 is 0 Å². The number of nitrogen functional groups attached to an aromatic ring is 1. The second-order valence-electron chi connectivity index (χ2n) is 8.00. The maximum Gasteiger partial charge on any atom is 0.272 e. The molecule has 0 radical (unpaired) electrons. The first-order valence-electron chi connectivity index (χ1n) is 9.11. The lowest BCUT2D eigenvalue weighted by atomic mass is 10.1. The third kappa shape index (κ3) is 4.92. The Balaban J connectivity index is 2.54. The van der Waals surface area contributed by atoms with Crippen LogP contribution in [0.15, 0.2) is 18.2 Å². The Bertz CT molecular complexity index is 962. The molecule has 1 aromatic carbocycles. The topological polar surface area (TPSA) is 131 Å². The average Bonchev–Trinajstić information content (AvgIpc) is 2.98. The van der Waals surface area contributed by atoms with Crippen molar-refractivity contribution < 1.29 is 14.4 Å². The van der Waals surface area contributed by atoms with E-state index in [4.69, 9.17) is 11.5 Å². The van der Waals surface area contributed by atoms with Crippen molar-refractivity contribution in [3.8, 4) is 0 Å². The van der Waals surface area contributed by atoms with Gasteiger partial charge in [-0.1, -0.05) is 6.07 Å². The number of hydrogen-bond donors (Lipinski definition) is 3. The van der Waals surface area contributed by atoms with E-state index in [1.165, 1.54) is 4.90 Å². The first-order chi connectivity index (χ1) is 13.3. The van der Waals surface area contributed by atoms with Crippen molar-refractivity contribution >= 4 is 40.6 Å². The molecular formula is C20H27N5O3S. The summed E-state index contributed by atoms with van der Waals surface area (Å²) >= 11 is 0.786. The first-order valence-corrected chi connectivity index (χ1v) is 9.88. The number of aromatic nitrogens is 1. The van der Waals surface area contributed by atoms with Gasteiger partial charge in [0.1, 0.15) is 10.9 Å². The van der Waals surface area contributed by atoms with Gasteiger partial charge in [0, 0.05) is 11.2 Å². The highest BCUT2D eigenvalue weighted by Crippen LogP contribution is 2.28. The van der Waals surface area contributed by atoms with E-state index in [1.807, 2.05) is 46.8 Å². The molecule has 29 heavy (non-hydrogen) atoms. The van der Waals surface area contributed by atoms with Gasteiger partial charge in [-0.05, 0) is 76.3 Å². The van der Waals surface area contributed by atoms with Crippen molar-refractivity contribution in [1.82, 2.24) is 9.69 Å². The zero-order valence-corrected chi connectivity index (χ0v) is 18.3. The van der Waals surface area contributed by atoms with Gasteiger partial charge in [-0.15, -0.1) is 0 Å². The lowest BCUT2D eigenvalue weighted by molar-refractivity contribution is -0.123. The maximum atomic E-state index is 13.4. The summed E-state index contributed by atoms with van der Waals surface area (Å²) in [6.45, 7) is 11.1. The molecule has 0 aliphatic carbocycles. The standard InChI is InChI=1S/C20H27N5O3S/c1-10-7-8-13(9-11(10)2)25(12(3)18(27)23-20(4,5)6)19(28)16-14(21)15(17(22)26)24-29-16/h7-9,12H,21H2,1-6H3,(H2,22,26)(H,23,27)/t12-/m0/s1. The largest absolute Gasteiger partial charge is 0.395 e. The number of anilines is 2. The molecular weight excluding hydrogens is 390 g/mol. The van der Waals surface area contributed by atoms with E-state index in [9.17, 15) is 14.4 Å². The van der Waals surface area contributed by atoms with Gasteiger partial charge >= 0.3 is 0 Å². The van der Waals surface area contributed by atoms with Gasteiger partial charge in [0.15, 0.2) is 5.69 Å². The molecule has 0 saturated carbocycles. The highest BCUT2D eigenvalue weighted by atomic mass is 32.1. The van der Waals surface area contributed by atoms with E-state index in [1.54, 1.807) is 13.0 Å². The fourth-order valence-corrected chi connectivity index (χ4v) is 3.46. The number of hydrogen-bond acceptors (Lipinski definition) is 6. The summed E-state index contributed by atoms with van der Waals surface area (Å²) < 4.78 is 3.90. The smallest absolute Gasteiger partial charge is 0.272 e. The zero-order valence-electron chi connectivity index (χ0n) is 17.5. The van der Waals surface area contributed by atoms with Crippen LogP contribution in [0.1, 0.15) is 59.0 Å². The molecule has 1 atom stereocenters. The maximum absolute atomic E-state index is 13.4. The Labute approximate surface area is 174 Å². The Morgan fingerprint density at radius 3 is 2.28 bits per heavy atom. The van der Waals surface area contributed by atoms with Crippen LogP contribution in [0.5, 0.6) is 0 Å². The molecule has 2 aromatic rings. The second kappa shape index (κ2) is 8.20. The lowest BCUT2D eigenvalue weighted by Crippen LogP contribution is -2.53. The molecule has 2 rings (SSSR count). The van der Waals surface area contributed by atoms with E-state index in [0.29, 0.717) is 5.69 Å². The fourth-order valence-electron chi connectivity index (χ4n) is 2.72. The summed E-state index contributed by atoms with van der Waals surface area (Å²) in [5.74, 6) is -1.65. The van der Waals surface area contributed by atoms with Crippen molar-refractivity contribution in [2.24, 2.45) is 5.73 Å². The number of amides is 3. The van der Waals surface area contributed by atoms with Crippen LogP contribution >= 0.6 is 11.5 Å². The van der Waals surface area contributed by atoms with Crippen LogP contribution in [0, 0.1) is 13.8 Å². The molecule has 0 spiro atoms. The Morgan fingerprint density at radius 2 is 1.79 bits per heavy atom. The number of rotatable bonds is 5. The van der Waals surface area contributed by atoms with E-state index in [-0.39, 0.29) is 22.2 Å². The average molecular weight is 418 g/mol. The van der Waals surface area contributed by atoms with Gasteiger partial charge in [0.05, 0.1) is 5.69 Å². The summed E-state index contributed by atoms with van der Waals surface area (Å²) in [6, 6.07) is 4.65. The number of aryl methyl sites for hydroxylation is 2. The fraction of sp³-hybridized carbons (Fsp3) is 0.400. The number of carbonyl (C=O) groups is 3. The molecule has 9 heteroatoms. The summed E-state index contributed by atoms with van der Waals surface area (Å²) in [5, 5.41) is 2.89. The Kier molecular flexibility index (Phi) is 6.32. The number of nitrogens with zero attached hydrogens (tertiary/aromatic N) is 2. The van der Waals surface area contributed by atoms with Gasteiger partial charge in [0.25, 0.3) is 11.8 Å². The summed E-state index contributed by atoms with van der Waals surface area (Å²) in [5.41, 5.74) is 13.1. The Morgan fingerprint density at radius 1 is 1.17 bits per heavy atom. The normalized spacial score (nSPS) is 12.3. The van der Waals surface area contributed by atoms with Crippen LogP contribution in [0.25, 0.3) is 0 Å². The molecule has 1 aromatic heterocycles. The molecule has 156 valence electrons. The van der Waals surface area contributed by atoms with Crippen LogP contribution in [-0.2, 0) is 4.79 Å². The highest BCUT2D eigenvalue weighted by molar-refractivity contribution is 7.09. The molecule has 0 saturated heterocycles. The minimum atomic E-state index is -0.831. The summed E-state index contributed by atoms with van der Waals surface area (Å²) in [4.78, 5) is 39.1. The SMILES string of the molecule is Cc1ccc(N(C(=O)c2snc(C(N)=O)c2N)[C@@H](C)C(=O)NC(C)(C)C)cc1C. The van der Waals surface area contributed by atoms with E-state index in [0.717, 1.165) is 22.7 Å². The highest BCUT2D eigenvalue weighted by Gasteiger charge is 2.33. The summed E-state index contributed by atoms with van der Waals surface area (Å²) in [7, 11) is 0. The number of benzene rings is 1. The van der Waals surface area contributed by atoms with Crippen LogP contribution in [0.3, 0.4) is 0 Å². The van der Waals surface area contributed by atoms with Crippen molar-refractivity contribution in [2.75, 3.05) is 10.6 Å². The molecule has 0 fully saturated rings. The molecule has 3 amide bonds. The van der Waals surface area contributed by atoms with Gasteiger partial charge in [-0.3, -0.25) is 19.3 Å². The second-order valence-corrected chi connectivity index (χ2v) is 8.77. The van der Waals surface area contributed by atoms with Gasteiger partial charge < -0.3 is 16.8 Å². The number of carbonyl (C=O) groups excluding carboxylic acids is 3. The predicted octanol–water partition coefficient (Wildman–Crippen LogP) is 2.39. The van der Waals surface area contributed by atoms with Crippen LogP contribution in [0.4, 0.5) is 11.4 Å². The van der Waals surface area contributed by atoms with Crippen LogP contribution < -0.4 is 21.7 Å². The third-order valence-corrected chi connectivity index (χ3v) is 5.26. The lowest BCUT2D eigenvalue weighted by Gasteiger charge is -2.31. The summed E-state index contributed by atoms with van der Waals surface area (Å²) in [6.07, 6.45) is 0. The zero-order chi connectivity index (χ0) is 22.1. The number of primary amides is 1. The van der Waals surface area contributed by atoms with Crippen molar-refractivity contribution in [3.63, 3.8) is 0 Å². The van der Waals surface area contributed by atoms with E-state index < -0.39 is 23.4 Å². The molecule has 0 aliphatic rings. The molecule has 0 bridgehead atoms. The van der Waals surface area contributed by atoms with Gasteiger partial charge in [-0.25, -0.2) is 0 Å². The molecule has 0 aliphatic heterocycles. The molecule has 0 unspecified atom stereocenters. The first kappa shape index (κ1) is 22.4. The van der Waals surface area contributed by atoms with Crippen molar-refractivity contribution in [1.29, 1.82) is 0 Å². The quantitative estimate of drug-likeness (QED) is 0.687. The number of nitrogens with two attached hydrogens (primary N) is 2. The monoisotopic (exact) mass is 417 g/mol.